The van der Waals surface area contributed by atoms with Crippen LogP contribution < -0.4 is 4.74 Å². The zero-order chi connectivity index (χ0) is 21.5. The van der Waals surface area contributed by atoms with Crippen molar-refractivity contribution in [2.45, 2.75) is 52.9 Å². The van der Waals surface area contributed by atoms with E-state index >= 15 is 0 Å². The molecule has 3 aromatic carbocycles. The molecule has 0 bridgehead atoms. The van der Waals surface area contributed by atoms with Crippen molar-refractivity contribution < 1.29 is 13.9 Å². The number of esters is 1. The van der Waals surface area contributed by atoms with Crippen LogP contribution in [0.25, 0.3) is 11.1 Å². The fourth-order valence-electron chi connectivity index (χ4n) is 3.62. The number of aryl methyl sites for hydroxylation is 4. The predicted molar refractivity (Wildman–Crippen MR) is 120 cm³/mol. The zero-order valence-electron chi connectivity index (χ0n) is 18.0. The Morgan fingerprint density at radius 1 is 0.767 bits per heavy atom. The summed E-state index contributed by atoms with van der Waals surface area (Å²) in [5.41, 5.74) is 6.70. The highest BCUT2D eigenvalue weighted by Crippen LogP contribution is 2.26. The maximum Gasteiger partial charge on any atom is 0.311 e. The molecule has 0 heterocycles. The maximum atomic E-state index is 14.5. The van der Waals surface area contributed by atoms with Crippen LogP contribution in [0.2, 0.25) is 0 Å². The number of hydrogen-bond acceptors (Lipinski definition) is 2. The third kappa shape index (κ3) is 5.35. The maximum absolute atomic E-state index is 14.5. The summed E-state index contributed by atoms with van der Waals surface area (Å²) in [6.45, 7) is 6.38. The number of rotatable bonds is 8. The normalized spacial score (nSPS) is 10.8. The second-order valence-corrected chi connectivity index (χ2v) is 7.48. The molecule has 3 aromatic rings. The second kappa shape index (κ2) is 10.2. The molecule has 2 nitrogen and oxygen atoms in total. The Hall–Kier alpha value is -2.94. The minimum absolute atomic E-state index is 0.0236. The van der Waals surface area contributed by atoms with Crippen molar-refractivity contribution in [2.75, 3.05) is 0 Å². The van der Waals surface area contributed by atoms with Crippen molar-refractivity contribution in [1.29, 1.82) is 0 Å². The van der Waals surface area contributed by atoms with Gasteiger partial charge >= 0.3 is 5.97 Å². The molecule has 0 amide bonds. The molecule has 0 radical (unpaired) electrons. The van der Waals surface area contributed by atoms with E-state index in [-0.39, 0.29) is 12.2 Å². The Bertz CT molecular complexity index is 1010. The minimum atomic E-state index is -0.527. The van der Waals surface area contributed by atoms with Crippen LogP contribution in [-0.4, -0.2) is 5.97 Å². The molecule has 3 heteroatoms. The van der Waals surface area contributed by atoms with Crippen molar-refractivity contribution >= 4 is 5.97 Å². The molecule has 0 unspecified atom stereocenters. The summed E-state index contributed by atoms with van der Waals surface area (Å²) in [5.74, 6) is -0.975. The lowest BCUT2D eigenvalue weighted by molar-refractivity contribution is -0.134. The Morgan fingerprint density at radius 3 is 2.07 bits per heavy atom. The first-order chi connectivity index (χ1) is 14.5. The molecule has 0 atom stereocenters. The first kappa shape index (κ1) is 21.8. The molecule has 0 aliphatic heterocycles. The largest absolute Gasteiger partial charge is 0.423 e. The molecular weight excluding hydrogens is 375 g/mol. The third-order valence-corrected chi connectivity index (χ3v) is 5.50. The summed E-state index contributed by atoms with van der Waals surface area (Å²) >= 11 is 0. The molecule has 0 saturated heterocycles. The molecule has 3 rings (SSSR count). The van der Waals surface area contributed by atoms with Crippen molar-refractivity contribution in [2.24, 2.45) is 0 Å². The van der Waals surface area contributed by atoms with Crippen molar-refractivity contribution in [3.63, 3.8) is 0 Å². The molecule has 0 aromatic heterocycles. The summed E-state index contributed by atoms with van der Waals surface area (Å²) in [6.07, 6.45) is 3.74. The highest BCUT2D eigenvalue weighted by molar-refractivity contribution is 5.73. The SMILES string of the molecule is CCc1ccc(-c2ccc(OC(=O)CCc3ccc(CC)c(CC)c3)c(F)c2)cc1. The van der Waals surface area contributed by atoms with E-state index in [9.17, 15) is 9.18 Å². The molecule has 30 heavy (non-hydrogen) atoms. The highest BCUT2D eigenvalue weighted by atomic mass is 19.1. The van der Waals surface area contributed by atoms with Crippen LogP contribution in [0.15, 0.2) is 60.7 Å². The van der Waals surface area contributed by atoms with E-state index < -0.39 is 11.8 Å². The average Bonchev–Trinajstić information content (AvgIpc) is 2.78. The van der Waals surface area contributed by atoms with Crippen LogP contribution in [-0.2, 0) is 30.5 Å². The second-order valence-electron chi connectivity index (χ2n) is 7.48. The van der Waals surface area contributed by atoms with Gasteiger partial charge in [0.25, 0.3) is 0 Å². The van der Waals surface area contributed by atoms with Gasteiger partial charge in [-0.3, -0.25) is 4.79 Å². The van der Waals surface area contributed by atoms with Gasteiger partial charge in [-0.25, -0.2) is 4.39 Å². The van der Waals surface area contributed by atoms with Crippen LogP contribution in [0, 0.1) is 5.82 Å². The number of carbonyl (C=O) groups is 1. The lowest BCUT2D eigenvalue weighted by Crippen LogP contribution is -2.10. The first-order valence-corrected chi connectivity index (χ1v) is 10.7. The van der Waals surface area contributed by atoms with Gasteiger partial charge in [-0.1, -0.05) is 69.3 Å². The van der Waals surface area contributed by atoms with Crippen LogP contribution in [0.4, 0.5) is 4.39 Å². The van der Waals surface area contributed by atoms with Gasteiger partial charge in [0.1, 0.15) is 0 Å². The van der Waals surface area contributed by atoms with Gasteiger partial charge < -0.3 is 4.74 Å². The smallest absolute Gasteiger partial charge is 0.311 e. The summed E-state index contributed by atoms with van der Waals surface area (Å²) in [5, 5.41) is 0. The molecule has 0 saturated carbocycles. The lowest BCUT2D eigenvalue weighted by Gasteiger charge is -2.10. The van der Waals surface area contributed by atoms with E-state index in [0.717, 1.165) is 36.0 Å². The minimum Gasteiger partial charge on any atom is -0.423 e. The van der Waals surface area contributed by atoms with Gasteiger partial charge in [0.15, 0.2) is 11.6 Å². The summed E-state index contributed by atoms with van der Waals surface area (Å²) < 4.78 is 19.8. The van der Waals surface area contributed by atoms with Gasteiger partial charge in [0.2, 0.25) is 0 Å². The Labute approximate surface area is 178 Å². The molecule has 0 fully saturated rings. The van der Waals surface area contributed by atoms with Crippen molar-refractivity contribution in [3.05, 3.63) is 88.7 Å². The Kier molecular flexibility index (Phi) is 7.40. The average molecular weight is 405 g/mol. The van der Waals surface area contributed by atoms with Gasteiger partial charge in [0.05, 0.1) is 0 Å². The predicted octanol–water partition coefficient (Wildman–Crippen LogP) is 6.72. The molecule has 0 N–H and O–H groups in total. The lowest BCUT2D eigenvalue weighted by atomic mass is 9.98. The number of benzene rings is 3. The quantitative estimate of drug-likeness (QED) is 0.308. The number of halogens is 1. The van der Waals surface area contributed by atoms with Crippen LogP contribution in [0.1, 0.15) is 49.4 Å². The van der Waals surface area contributed by atoms with Crippen molar-refractivity contribution in [3.8, 4) is 16.9 Å². The summed E-state index contributed by atoms with van der Waals surface area (Å²) in [7, 11) is 0. The fraction of sp³-hybridized carbons (Fsp3) is 0.296. The molecular formula is C27H29FO2. The molecule has 0 aliphatic carbocycles. The molecule has 0 spiro atoms. The molecule has 0 aliphatic rings. The fourth-order valence-corrected chi connectivity index (χ4v) is 3.62. The monoisotopic (exact) mass is 404 g/mol. The van der Waals surface area contributed by atoms with Gasteiger partial charge in [-0.2, -0.15) is 0 Å². The van der Waals surface area contributed by atoms with E-state index in [1.807, 2.05) is 24.3 Å². The number of carbonyl (C=O) groups excluding carboxylic acids is 1. The Morgan fingerprint density at radius 2 is 1.43 bits per heavy atom. The van der Waals surface area contributed by atoms with Gasteiger partial charge in [-0.05, 0) is 71.2 Å². The number of ether oxygens (including phenoxy) is 1. The highest BCUT2D eigenvalue weighted by Gasteiger charge is 2.12. The van der Waals surface area contributed by atoms with E-state index in [2.05, 4.69) is 39.0 Å². The zero-order valence-corrected chi connectivity index (χ0v) is 18.0. The third-order valence-electron chi connectivity index (χ3n) is 5.50. The first-order valence-electron chi connectivity index (χ1n) is 10.7. The summed E-state index contributed by atoms with van der Waals surface area (Å²) in [4.78, 5) is 12.3. The van der Waals surface area contributed by atoms with Crippen molar-refractivity contribution in [1.82, 2.24) is 0 Å². The van der Waals surface area contributed by atoms with Gasteiger partial charge in [0, 0.05) is 6.42 Å². The van der Waals surface area contributed by atoms with Crippen LogP contribution >= 0.6 is 0 Å². The van der Waals surface area contributed by atoms with E-state index in [4.69, 9.17) is 4.74 Å². The van der Waals surface area contributed by atoms with Crippen LogP contribution in [0.3, 0.4) is 0 Å². The van der Waals surface area contributed by atoms with E-state index in [0.29, 0.717) is 6.42 Å². The standard InChI is InChI=1S/C27H29FO2/c1-4-19-7-12-23(13-8-19)24-14-15-26(25(28)18-24)30-27(29)16-10-20-9-11-21(5-2)22(6-3)17-20/h7-9,11-15,17-18H,4-6,10,16H2,1-3H3. The van der Waals surface area contributed by atoms with E-state index in [1.165, 1.54) is 28.8 Å². The van der Waals surface area contributed by atoms with E-state index in [1.54, 1.807) is 6.07 Å². The van der Waals surface area contributed by atoms with Crippen LogP contribution in [0.5, 0.6) is 5.75 Å². The molecule has 156 valence electrons. The summed E-state index contributed by atoms with van der Waals surface area (Å²) in [6, 6.07) is 19.1. The van der Waals surface area contributed by atoms with Gasteiger partial charge in [-0.15, -0.1) is 0 Å². The topological polar surface area (TPSA) is 26.3 Å². The number of hydrogen-bond donors (Lipinski definition) is 0. The Balaban J connectivity index is 1.62.